The zero-order valence-electron chi connectivity index (χ0n) is 7.73. The van der Waals surface area contributed by atoms with E-state index in [1.165, 1.54) is 0 Å². The Morgan fingerprint density at radius 3 is 3.00 bits per heavy atom. The molecule has 0 spiro atoms. The van der Waals surface area contributed by atoms with Crippen LogP contribution in [0.15, 0.2) is 18.2 Å². The largest absolute Gasteiger partial charge is 0.484 e. The summed E-state index contributed by atoms with van der Waals surface area (Å²) in [4.78, 5) is 0. The number of ether oxygens (including phenoxy) is 1. The summed E-state index contributed by atoms with van der Waals surface area (Å²) in [6, 6.07) is 5.61. The second kappa shape index (κ2) is 2.81. The van der Waals surface area contributed by atoms with E-state index in [9.17, 15) is 0 Å². The number of rotatable bonds is 0. The minimum Gasteiger partial charge on any atom is -0.484 e. The van der Waals surface area contributed by atoms with Gasteiger partial charge >= 0.3 is 0 Å². The van der Waals surface area contributed by atoms with Gasteiger partial charge in [-0.15, -0.1) is 0 Å². The SMILES string of the molecule is CC1(C)CNc2cc(Cl)ccc2O1. The lowest BCUT2D eigenvalue weighted by Crippen LogP contribution is -2.39. The highest BCUT2D eigenvalue weighted by Gasteiger charge is 2.25. The molecule has 2 nitrogen and oxygen atoms in total. The zero-order valence-corrected chi connectivity index (χ0v) is 8.48. The summed E-state index contributed by atoms with van der Waals surface area (Å²) in [5.41, 5.74) is 0.840. The molecular weight excluding hydrogens is 186 g/mol. The van der Waals surface area contributed by atoms with Crippen LogP contribution < -0.4 is 10.1 Å². The molecule has 0 aromatic heterocycles. The first-order valence-electron chi connectivity index (χ1n) is 4.29. The van der Waals surface area contributed by atoms with Crippen LogP contribution in [0.25, 0.3) is 0 Å². The van der Waals surface area contributed by atoms with E-state index < -0.39 is 0 Å². The maximum Gasteiger partial charge on any atom is 0.143 e. The molecular formula is C10H12ClNO. The van der Waals surface area contributed by atoms with Crippen LogP contribution in [0.4, 0.5) is 5.69 Å². The first-order valence-corrected chi connectivity index (χ1v) is 4.67. The van der Waals surface area contributed by atoms with E-state index in [0.29, 0.717) is 0 Å². The van der Waals surface area contributed by atoms with Gasteiger partial charge in [-0.25, -0.2) is 0 Å². The molecule has 70 valence electrons. The third-order valence-corrected chi connectivity index (χ3v) is 2.27. The molecule has 1 aromatic rings. The Kier molecular flexibility index (Phi) is 1.88. The van der Waals surface area contributed by atoms with E-state index in [4.69, 9.17) is 16.3 Å². The molecule has 1 N–H and O–H groups in total. The molecule has 0 saturated carbocycles. The van der Waals surface area contributed by atoms with Gasteiger partial charge in [-0.05, 0) is 32.0 Å². The smallest absolute Gasteiger partial charge is 0.143 e. The Balaban J connectivity index is 2.37. The summed E-state index contributed by atoms with van der Waals surface area (Å²) >= 11 is 5.85. The van der Waals surface area contributed by atoms with E-state index in [2.05, 4.69) is 19.2 Å². The summed E-state index contributed by atoms with van der Waals surface area (Å²) in [7, 11) is 0. The first-order chi connectivity index (χ1) is 6.07. The van der Waals surface area contributed by atoms with Gasteiger partial charge in [0.2, 0.25) is 0 Å². The summed E-state index contributed by atoms with van der Waals surface area (Å²) in [5, 5.41) is 4.02. The van der Waals surface area contributed by atoms with Gasteiger partial charge in [0.15, 0.2) is 0 Å². The van der Waals surface area contributed by atoms with Crippen LogP contribution in [0, 0.1) is 0 Å². The van der Waals surface area contributed by atoms with Crippen LogP contribution in [0.3, 0.4) is 0 Å². The van der Waals surface area contributed by atoms with Crippen molar-refractivity contribution >= 4 is 17.3 Å². The van der Waals surface area contributed by atoms with Crippen molar-refractivity contribution in [2.75, 3.05) is 11.9 Å². The molecule has 13 heavy (non-hydrogen) atoms. The Hall–Kier alpha value is -0.890. The second-order valence-corrected chi connectivity index (χ2v) is 4.29. The predicted molar refractivity (Wildman–Crippen MR) is 54.6 cm³/mol. The Morgan fingerprint density at radius 1 is 1.46 bits per heavy atom. The Bertz CT molecular complexity index is 336. The molecule has 1 aliphatic heterocycles. The molecule has 1 aromatic carbocycles. The van der Waals surface area contributed by atoms with Gasteiger partial charge in [0.25, 0.3) is 0 Å². The maximum absolute atomic E-state index is 5.85. The molecule has 2 rings (SSSR count). The molecule has 0 bridgehead atoms. The molecule has 0 amide bonds. The van der Waals surface area contributed by atoms with Crippen LogP contribution in [-0.4, -0.2) is 12.1 Å². The molecule has 1 heterocycles. The van der Waals surface area contributed by atoms with Gasteiger partial charge < -0.3 is 10.1 Å². The third-order valence-electron chi connectivity index (χ3n) is 2.03. The number of halogens is 1. The van der Waals surface area contributed by atoms with Gasteiger partial charge in [-0.2, -0.15) is 0 Å². The van der Waals surface area contributed by atoms with Crippen LogP contribution >= 0.6 is 11.6 Å². The average molecular weight is 198 g/mol. The highest BCUT2D eigenvalue weighted by molar-refractivity contribution is 6.30. The minimum atomic E-state index is -0.138. The van der Waals surface area contributed by atoms with E-state index >= 15 is 0 Å². The van der Waals surface area contributed by atoms with Gasteiger partial charge in [0.1, 0.15) is 11.4 Å². The fraction of sp³-hybridized carbons (Fsp3) is 0.400. The van der Waals surface area contributed by atoms with Crippen LogP contribution in [0.2, 0.25) is 5.02 Å². The summed E-state index contributed by atoms with van der Waals surface area (Å²) in [6.07, 6.45) is 0. The fourth-order valence-corrected chi connectivity index (χ4v) is 1.54. The molecule has 1 aliphatic rings. The fourth-order valence-electron chi connectivity index (χ4n) is 1.37. The van der Waals surface area contributed by atoms with Crippen molar-refractivity contribution in [3.05, 3.63) is 23.2 Å². The minimum absolute atomic E-state index is 0.138. The van der Waals surface area contributed by atoms with E-state index in [1.807, 2.05) is 18.2 Å². The number of anilines is 1. The quantitative estimate of drug-likeness (QED) is 0.691. The third kappa shape index (κ3) is 1.73. The number of fused-ring (bicyclic) bond motifs is 1. The van der Waals surface area contributed by atoms with Crippen molar-refractivity contribution in [3.8, 4) is 5.75 Å². The first kappa shape index (κ1) is 8.70. The maximum atomic E-state index is 5.85. The van der Waals surface area contributed by atoms with E-state index in [-0.39, 0.29) is 5.60 Å². The van der Waals surface area contributed by atoms with Gasteiger partial charge in [0.05, 0.1) is 12.2 Å². The van der Waals surface area contributed by atoms with E-state index in [0.717, 1.165) is 23.0 Å². The standard InChI is InChI=1S/C10H12ClNO/c1-10(2)6-12-8-5-7(11)3-4-9(8)13-10/h3-5,12H,6H2,1-2H3. The van der Waals surface area contributed by atoms with Crippen molar-refractivity contribution in [2.45, 2.75) is 19.4 Å². The van der Waals surface area contributed by atoms with Crippen molar-refractivity contribution in [1.29, 1.82) is 0 Å². The van der Waals surface area contributed by atoms with E-state index in [1.54, 1.807) is 0 Å². The van der Waals surface area contributed by atoms with Crippen molar-refractivity contribution in [3.63, 3.8) is 0 Å². The van der Waals surface area contributed by atoms with Crippen LogP contribution in [-0.2, 0) is 0 Å². The zero-order chi connectivity index (χ0) is 9.47. The summed E-state index contributed by atoms with van der Waals surface area (Å²) < 4.78 is 5.75. The highest BCUT2D eigenvalue weighted by Crippen LogP contribution is 2.34. The van der Waals surface area contributed by atoms with Gasteiger partial charge in [-0.3, -0.25) is 0 Å². The second-order valence-electron chi connectivity index (χ2n) is 3.86. The topological polar surface area (TPSA) is 21.3 Å². The number of hydrogen-bond acceptors (Lipinski definition) is 2. The molecule has 0 atom stereocenters. The van der Waals surface area contributed by atoms with Gasteiger partial charge in [0, 0.05) is 5.02 Å². The molecule has 0 saturated heterocycles. The monoisotopic (exact) mass is 197 g/mol. The molecule has 0 unspecified atom stereocenters. The molecule has 0 aliphatic carbocycles. The Morgan fingerprint density at radius 2 is 2.23 bits per heavy atom. The average Bonchev–Trinajstić information content (AvgIpc) is 2.05. The highest BCUT2D eigenvalue weighted by atomic mass is 35.5. The lowest BCUT2D eigenvalue weighted by molar-refractivity contribution is 0.116. The predicted octanol–water partition coefficient (Wildman–Crippen LogP) is 2.92. The van der Waals surface area contributed by atoms with Crippen LogP contribution in [0.5, 0.6) is 5.75 Å². The lowest BCUT2D eigenvalue weighted by Gasteiger charge is -2.33. The van der Waals surface area contributed by atoms with Gasteiger partial charge in [-0.1, -0.05) is 11.6 Å². The number of benzene rings is 1. The summed E-state index contributed by atoms with van der Waals surface area (Å²) in [6.45, 7) is 4.91. The van der Waals surface area contributed by atoms with Crippen LogP contribution in [0.1, 0.15) is 13.8 Å². The lowest BCUT2D eigenvalue weighted by atomic mass is 10.1. The van der Waals surface area contributed by atoms with Crippen molar-refractivity contribution in [1.82, 2.24) is 0 Å². The summed E-state index contributed by atoms with van der Waals surface area (Å²) in [5.74, 6) is 0.876. The normalized spacial score (nSPS) is 18.4. The molecule has 0 radical (unpaired) electrons. The number of nitrogens with one attached hydrogen (secondary N) is 1. The Labute approximate surface area is 82.9 Å². The number of hydrogen-bond donors (Lipinski definition) is 1. The molecule has 0 fully saturated rings. The molecule has 3 heteroatoms. The van der Waals surface area contributed by atoms with Crippen molar-refractivity contribution in [2.24, 2.45) is 0 Å². The van der Waals surface area contributed by atoms with Crippen molar-refractivity contribution < 1.29 is 4.74 Å².